The molecule has 0 amide bonds. The second-order valence-electron chi connectivity index (χ2n) is 3.99. The molecular formula is C13H8N4OS. The lowest BCUT2D eigenvalue weighted by atomic mass is 10.4. The van der Waals surface area contributed by atoms with E-state index in [2.05, 4.69) is 19.9 Å². The smallest absolute Gasteiger partial charge is 0.167 e. The van der Waals surface area contributed by atoms with Crippen LogP contribution in [0.15, 0.2) is 46.7 Å². The number of thiazole rings is 1. The van der Waals surface area contributed by atoms with E-state index in [1.807, 2.05) is 23.6 Å². The fraction of sp³-hybridized carbons (Fsp3) is 0. The molecule has 92 valence electrons. The Morgan fingerprint density at radius 3 is 3.05 bits per heavy atom. The standard InChI is InChI=1S/C13H8N4OS/c1-2-11(18-5-1)10-7-19-13(17-10)12-15-8-3-4-14-6-9(8)16-12/h1-7H,(H,15,16). The van der Waals surface area contributed by atoms with Crippen molar-refractivity contribution in [1.82, 2.24) is 19.9 Å². The number of aromatic amines is 1. The third-order valence-electron chi connectivity index (χ3n) is 2.76. The van der Waals surface area contributed by atoms with Gasteiger partial charge in [0.1, 0.15) is 5.69 Å². The van der Waals surface area contributed by atoms with E-state index in [0.29, 0.717) is 0 Å². The van der Waals surface area contributed by atoms with Crippen LogP contribution in [0.2, 0.25) is 0 Å². The van der Waals surface area contributed by atoms with E-state index in [4.69, 9.17) is 4.42 Å². The molecule has 4 heterocycles. The first-order chi connectivity index (χ1) is 9.40. The molecule has 5 nitrogen and oxygen atoms in total. The van der Waals surface area contributed by atoms with E-state index in [-0.39, 0.29) is 0 Å². The van der Waals surface area contributed by atoms with Crippen LogP contribution in [-0.2, 0) is 0 Å². The van der Waals surface area contributed by atoms with Crippen molar-refractivity contribution in [3.05, 3.63) is 42.2 Å². The van der Waals surface area contributed by atoms with Gasteiger partial charge in [0.2, 0.25) is 0 Å². The van der Waals surface area contributed by atoms with Crippen LogP contribution in [0.1, 0.15) is 0 Å². The van der Waals surface area contributed by atoms with Gasteiger partial charge in [-0.15, -0.1) is 11.3 Å². The highest BCUT2D eigenvalue weighted by Gasteiger charge is 2.11. The highest BCUT2D eigenvalue weighted by molar-refractivity contribution is 7.13. The summed E-state index contributed by atoms with van der Waals surface area (Å²) in [5.41, 5.74) is 2.62. The van der Waals surface area contributed by atoms with Gasteiger partial charge >= 0.3 is 0 Å². The van der Waals surface area contributed by atoms with Gasteiger partial charge in [-0.2, -0.15) is 0 Å². The molecule has 6 heteroatoms. The minimum Gasteiger partial charge on any atom is -0.463 e. The number of furan rings is 1. The number of pyridine rings is 1. The summed E-state index contributed by atoms with van der Waals surface area (Å²) in [4.78, 5) is 16.3. The van der Waals surface area contributed by atoms with Crippen molar-refractivity contribution >= 4 is 22.4 Å². The number of fused-ring (bicyclic) bond motifs is 1. The summed E-state index contributed by atoms with van der Waals surface area (Å²) >= 11 is 1.53. The molecular weight excluding hydrogens is 260 g/mol. The Balaban J connectivity index is 1.80. The normalized spacial score (nSPS) is 11.2. The van der Waals surface area contributed by atoms with Crippen molar-refractivity contribution in [3.63, 3.8) is 0 Å². The zero-order valence-corrected chi connectivity index (χ0v) is 10.5. The Kier molecular flexibility index (Phi) is 2.22. The molecule has 0 saturated carbocycles. The molecule has 0 bridgehead atoms. The number of hydrogen-bond donors (Lipinski definition) is 1. The van der Waals surface area contributed by atoms with Crippen LogP contribution < -0.4 is 0 Å². The summed E-state index contributed by atoms with van der Waals surface area (Å²) in [6.07, 6.45) is 5.12. The second kappa shape index (κ2) is 4.03. The molecule has 4 aromatic heterocycles. The highest BCUT2D eigenvalue weighted by atomic mass is 32.1. The zero-order chi connectivity index (χ0) is 12.7. The summed E-state index contributed by atoms with van der Waals surface area (Å²) in [7, 11) is 0. The molecule has 0 aromatic carbocycles. The summed E-state index contributed by atoms with van der Waals surface area (Å²) in [5.74, 6) is 1.52. The molecule has 0 aliphatic rings. The predicted molar refractivity (Wildman–Crippen MR) is 72.7 cm³/mol. The quantitative estimate of drug-likeness (QED) is 0.605. The molecule has 0 spiro atoms. The number of H-pyrrole nitrogens is 1. The van der Waals surface area contributed by atoms with Crippen molar-refractivity contribution < 1.29 is 4.42 Å². The van der Waals surface area contributed by atoms with Gasteiger partial charge in [-0.1, -0.05) is 0 Å². The van der Waals surface area contributed by atoms with Gasteiger partial charge in [0.15, 0.2) is 16.6 Å². The monoisotopic (exact) mass is 268 g/mol. The lowest BCUT2D eigenvalue weighted by Crippen LogP contribution is -1.79. The van der Waals surface area contributed by atoms with Crippen LogP contribution >= 0.6 is 11.3 Å². The van der Waals surface area contributed by atoms with E-state index >= 15 is 0 Å². The lowest BCUT2D eigenvalue weighted by molar-refractivity contribution is 0.580. The van der Waals surface area contributed by atoms with Crippen LogP contribution in [-0.4, -0.2) is 19.9 Å². The second-order valence-corrected chi connectivity index (χ2v) is 4.85. The SMILES string of the molecule is c1coc(-c2csc(-c3nc4ccncc4[nH]3)n2)c1. The zero-order valence-electron chi connectivity index (χ0n) is 9.70. The average molecular weight is 268 g/mol. The van der Waals surface area contributed by atoms with Crippen LogP contribution in [0.25, 0.3) is 33.3 Å². The Morgan fingerprint density at radius 1 is 1.21 bits per heavy atom. The maximum Gasteiger partial charge on any atom is 0.167 e. The number of hydrogen-bond acceptors (Lipinski definition) is 5. The van der Waals surface area contributed by atoms with Gasteiger partial charge in [-0.3, -0.25) is 4.98 Å². The van der Waals surface area contributed by atoms with Crippen molar-refractivity contribution in [1.29, 1.82) is 0 Å². The minimum atomic E-state index is 0.755. The molecule has 4 aromatic rings. The first kappa shape index (κ1) is 10.5. The fourth-order valence-corrected chi connectivity index (χ4v) is 2.63. The maximum absolute atomic E-state index is 5.33. The van der Waals surface area contributed by atoms with Gasteiger partial charge in [0, 0.05) is 11.6 Å². The predicted octanol–water partition coefficient (Wildman–Crippen LogP) is 3.34. The maximum atomic E-state index is 5.33. The van der Waals surface area contributed by atoms with Crippen LogP contribution in [0.3, 0.4) is 0 Å². The van der Waals surface area contributed by atoms with E-state index in [1.54, 1.807) is 18.7 Å². The van der Waals surface area contributed by atoms with Gasteiger partial charge in [-0.05, 0) is 18.2 Å². The number of nitrogens with one attached hydrogen (secondary N) is 1. The topological polar surface area (TPSA) is 67.6 Å². The van der Waals surface area contributed by atoms with Crippen molar-refractivity contribution in [2.75, 3.05) is 0 Å². The van der Waals surface area contributed by atoms with Gasteiger partial charge < -0.3 is 9.40 Å². The summed E-state index contributed by atoms with van der Waals surface area (Å²) < 4.78 is 5.33. The van der Waals surface area contributed by atoms with Crippen LogP contribution in [0.4, 0.5) is 0 Å². The summed E-state index contributed by atoms with van der Waals surface area (Å²) in [6, 6.07) is 5.61. The Hall–Kier alpha value is -2.47. The van der Waals surface area contributed by atoms with Crippen molar-refractivity contribution in [2.24, 2.45) is 0 Å². The highest BCUT2D eigenvalue weighted by Crippen LogP contribution is 2.28. The number of aromatic nitrogens is 4. The first-order valence-corrected chi connectivity index (χ1v) is 6.57. The Bertz CT molecular complexity index is 798. The molecule has 0 aliphatic carbocycles. The van der Waals surface area contributed by atoms with Crippen LogP contribution in [0.5, 0.6) is 0 Å². The van der Waals surface area contributed by atoms with Crippen LogP contribution in [0, 0.1) is 0 Å². The molecule has 0 fully saturated rings. The van der Waals surface area contributed by atoms with E-state index in [1.165, 1.54) is 11.3 Å². The fourth-order valence-electron chi connectivity index (χ4n) is 1.88. The molecule has 19 heavy (non-hydrogen) atoms. The lowest BCUT2D eigenvalue weighted by Gasteiger charge is -1.88. The number of rotatable bonds is 2. The molecule has 1 N–H and O–H groups in total. The third-order valence-corrected chi connectivity index (χ3v) is 3.61. The number of nitrogens with zero attached hydrogens (tertiary/aromatic N) is 3. The van der Waals surface area contributed by atoms with Gasteiger partial charge in [0.05, 0.1) is 23.5 Å². The molecule has 0 unspecified atom stereocenters. The molecule has 0 aliphatic heterocycles. The Labute approximate surface area is 112 Å². The van der Waals surface area contributed by atoms with E-state index < -0.39 is 0 Å². The van der Waals surface area contributed by atoms with Crippen molar-refractivity contribution in [3.8, 4) is 22.3 Å². The van der Waals surface area contributed by atoms with Crippen molar-refractivity contribution in [2.45, 2.75) is 0 Å². The molecule has 0 atom stereocenters. The summed E-state index contributed by atoms with van der Waals surface area (Å²) in [6.45, 7) is 0. The van der Waals surface area contributed by atoms with E-state index in [0.717, 1.165) is 33.3 Å². The molecule has 0 saturated heterocycles. The van der Waals surface area contributed by atoms with E-state index in [9.17, 15) is 0 Å². The van der Waals surface area contributed by atoms with Gasteiger partial charge in [0.25, 0.3) is 0 Å². The van der Waals surface area contributed by atoms with Gasteiger partial charge in [-0.25, -0.2) is 9.97 Å². The average Bonchev–Trinajstić information content (AvgIpc) is 3.17. The Morgan fingerprint density at radius 2 is 2.21 bits per heavy atom. The minimum absolute atomic E-state index is 0.755. The third kappa shape index (κ3) is 1.73. The number of imidazole rings is 1. The molecule has 0 radical (unpaired) electrons. The molecule has 4 rings (SSSR count). The summed E-state index contributed by atoms with van der Waals surface area (Å²) in [5, 5.41) is 2.79. The first-order valence-electron chi connectivity index (χ1n) is 5.70. The largest absolute Gasteiger partial charge is 0.463 e.